The molecule has 18 heavy (non-hydrogen) atoms. The van der Waals surface area contributed by atoms with E-state index in [1.807, 2.05) is 0 Å². The van der Waals surface area contributed by atoms with E-state index in [0.717, 1.165) is 0 Å². The second kappa shape index (κ2) is 6.58. The van der Waals surface area contributed by atoms with Gasteiger partial charge in [0, 0.05) is 13.5 Å². The van der Waals surface area contributed by atoms with Crippen molar-refractivity contribution in [3.05, 3.63) is 23.9 Å². The van der Waals surface area contributed by atoms with Gasteiger partial charge in [-0.25, -0.2) is 4.79 Å². The number of carbonyl (C=O) groups excluding carboxylic acids is 2. The average molecular weight is 252 g/mol. The molecule has 1 rings (SSSR count). The van der Waals surface area contributed by atoms with Gasteiger partial charge in [0.05, 0.1) is 5.92 Å². The zero-order chi connectivity index (χ0) is 13.5. The van der Waals surface area contributed by atoms with Gasteiger partial charge in [0.1, 0.15) is 5.70 Å². The summed E-state index contributed by atoms with van der Waals surface area (Å²) in [6, 6.07) is 0. The molecule has 0 unspecified atom stereocenters. The van der Waals surface area contributed by atoms with Crippen molar-refractivity contribution < 1.29 is 19.5 Å². The molecule has 3 N–H and O–H groups in total. The van der Waals surface area contributed by atoms with Crippen LogP contribution in [0.4, 0.5) is 0 Å². The lowest BCUT2D eigenvalue weighted by Crippen LogP contribution is -2.29. The van der Waals surface area contributed by atoms with E-state index in [9.17, 15) is 14.4 Å². The fraction of sp³-hybridized carbons (Fsp3) is 0.417. The van der Waals surface area contributed by atoms with Crippen molar-refractivity contribution >= 4 is 17.8 Å². The SMILES string of the molecule is CC(=O)NCCC/C=C(\NC(=O)C1C=C1)C(=O)O. The topological polar surface area (TPSA) is 95.5 Å². The third kappa shape index (κ3) is 5.29. The number of carbonyl (C=O) groups is 3. The first kappa shape index (κ1) is 14.0. The zero-order valence-electron chi connectivity index (χ0n) is 10.1. The Balaban J connectivity index is 2.33. The van der Waals surface area contributed by atoms with Crippen LogP contribution in [0.2, 0.25) is 0 Å². The first-order chi connectivity index (χ1) is 8.50. The Morgan fingerprint density at radius 1 is 1.33 bits per heavy atom. The predicted molar refractivity (Wildman–Crippen MR) is 64.4 cm³/mol. The molecule has 0 aromatic rings. The Bertz CT molecular complexity index is 406. The summed E-state index contributed by atoms with van der Waals surface area (Å²) in [4.78, 5) is 32.8. The fourth-order valence-electron chi connectivity index (χ4n) is 1.25. The highest BCUT2D eigenvalue weighted by atomic mass is 16.4. The van der Waals surface area contributed by atoms with Gasteiger partial charge in [0.25, 0.3) is 0 Å². The third-order valence-corrected chi connectivity index (χ3v) is 2.28. The molecule has 2 amide bonds. The van der Waals surface area contributed by atoms with Crippen molar-refractivity contribution in [3.8, 4) is 0 Å². The Morgan fingerprint density at radius 2 is 2.00 bits per heavy atom. The highest BCUT2D eigenvalue weighted by Gasteiger charge is 2.22. The van der Waals surface area contributed by atoms with Crippen LogP contribution in [0.15, 0.2) is 23.9 Å². The number of amides is 2. The maximum Gasteiger partial charge on any atom is 0.352 e. The van der Waals surface area contributed by atoms with Gasteiger partial charge in [-0.05, 0) is 12.8 Å². The minimum Gasteiger partial charge on any atom is -0.477 e. The molecule has 0 saturated heterocycles. The standard InChI is InChI=1S/C12H16N2O4/c1-8(15)13-7-3-2-4-10(12(17)18)14-11(16)9-5-6-9/h4-6,9H,2-3,7H2,1H3,(H,13,15)(H,14,16)(H,17,18)/b10-4-. The van der Waals surface area contributed by atoms with Crippen molar-refractivity contribution in [2.45, 2.75) is 19.8 Å². The van der Waals surface area contributed by atoms with E-state index in [2.05, 4.69) is 10.6 Å². The summed E-state index contributed by atoms with van der Waals surface area (Å²) in [5, 5.41) is 13.9. The van der Waals surface area contributed by atoms with Crippen molar-refractivity contribution in [2.75, 3.05) is 6.54 Å². The summed E-state index contributed by atoms with van der Waals surface area (Å²) in [5.41, 5.74) is -0.114. The van der Waals surface area contributed by atoms with Crippen LogP contribution in [-0.4, -0.2) is 29.4 Å². The second-order valence-corrected chi connectivity index (χ2v) is 3.95. The first-order valence-corrected chi connectivity index (χ1v) is 5.68. The van der Waals surface area contributed by atoms with Crippen LogP contribution in [0, 0.1) is 5.92 Å². The lowest BCUT2D eigenvalue weighted by molar-refractivity contribution is -0.134. The summed E-state index contributed by atoms with van der Waals surface area (Å²) in [5.74, 6) is -1.88. The maximum atomic E-state index is 11.4. The molecule has 0 fully saturated rings. The number of hydrogen-bond acceptors (Lipinski definition) is 3. The molecule has 0 atom stereocenters. The minimum atomic E-state index is -1.16. The lowest BCUT2D eigenvalue weighted by Gasteiger charge is -2.05. The first-order valence-electron chi connectivity index (χ1n) is 5.68. The molecule has 6 nitrogen and oxygen atoms in total. The average Bonchev–Trinajstić information content (AvgIpc) is 3.09. The number of carboxylic acids is 1. The zero-order valence-corrected chi connectivity index (χ0v) is 10.1. The molecule has 0 radical (unpaired) electrons. The Labute approximate surface area is 105 Å². The molecule has 0 bridgehead atoms. The molecule has 0 saturated carbocycles. The van der Waals surface area contributed by atoms with Gasteiger partial charge in [-0.15, -0.1) is 0 Å². The monoisotopic (exact) mass is 252 g/mol. The van der Waals surface area contributed by atoms with E-state index in [0.29, 0.717) is 19.4 Å². The van der Waals surface area contributed by atoms with Crippen molar-refractivity contribution in [1.82, 2.24) is 10.6 Å². The van der Waals surface area contributed by atoms with E-state index in [1.54, 1.807) is 12.2 Å². The van der Waals surface area contributed by atoms with Gasteiger partial charge in [-0.2, -0.15) is 0 Å². The molecule has 1 aliphatic rings. The summed E-state index contributed by atoms with van der Waals surface area (Å²) in [6.07, 6.45) is 5.91. The molecular weight excluding hydrogens is 236 g/mol. The lowest BCUT2D eigenvalue weighted by atomic mass is 10.2. The predicted octanol–water partition coefficient (Wildman–Crippen LogP) is 0.173. The van der Waals surface area contributed by atoms with Crippen LogP contribution in [0.25, 0.3) is 0 Å². The molecule has 0 heterocycles. The molecule has 0 aliphatic heterocycles. The van der Waals surface area contributed by atoms with E-state index in [1.165, 1.54) is 13.0 Å². The summed E-state index contributed by atoms with van der Waals surface area (Å²) < 4.78 is 0. The summed E-state index contributed by atoms with van der Waals surface area (Å²) >= 11 is 0. The highest BCUT2D eigenvalue weighted by molar-refractivity contribution is 5.95. The third-order valence-electron chi connectivity index (χ3n) is 2.28. The number of hydrogen-bond donors (Lipinski definition) is 3. The number of unbranched alkanes of at least 4 members (excludes halogenated alkanes) is 1. The largest absolute Gasteiger partial charge is 0.477 e. The van der Waals surface area contributed by atoms with Gasteiger partial charge in [-0.3, -0.25) is 9.59 Å². The number of nitrogens with one attached hydrogen (secondary N) is 2. The molecule has 0 spiro atoms. The Hall–Kier alpha value is -2.11. The minimum absolute atomic E-state index is 0.114. The number of rotatable bonds is 7. The van der Waals surface area contributed by atoms with E-state index >= 15 is 0 Å². The maximum absolute atomic E-state index is 11.4. The van der Waals surface area contributed by atoms with Crippen molar-refractivity contribution in [2.24, 2.45) is 5.92 Å². The Kier molecular flexibility index (Phi) is 5.10. The summed E-state index contributed by atoms with van der Waals surface area (Å²) in [7, 11) is 0. The van der Waals surface area contributed by atoms with Crippen LogP contribution < -0.4 is 10.6 Å². The molecule has 0 aromatic heterocycles. The van der Waals surface area contributed by atoms with Crippen LogP contribution in [0.3, 0.4) is 0 Å². The van der Waals surface area contributed by atoms with Crippen molar-refractivity contribution in [3.63, 3.8) is 0 Å². The van der Waals surface area contributed by atoms with Crippen LogP contribution >= 0.6 is 0 Å². The van der Waals surface area contributed by atoms with E-state index in [-0.39, 0.29) is 23.4 Å². The smallest absolute Gasteiger partial charge is 0.352 e. The normalized spacial score (nSPS) is 14.2. The Morgan fingerprint density at radius 3 is 2.50 bits per heavy atom. The van der Waals surface area contributed by atoms with E-state index in [4.69, 9.17) is 5.11 Å². The molecule has 6 heteroatoms. The number of allylic oxidation sites excluding steroid dienone is 1. The fourth-order valence-corrected chi connectivity index (χ4v) is 1.25. The number of aliphatic carboxylic acids is 1. The number of carboxylic acid groups (broad SMARTS) is 1. The van der Waals surface area contributed by atoms with Crippen LogP contribution in [-0.2, 0) is 14.4 Å². The molecule has 1 aliphatic carbocycles. The van der Waals surface area contributed by atoms with Gasteiger partial charge < -0.3 is 15.7 Å². The molecule has 0 aromatic carbocycles. The van der Waals surface area contributed by atoms with Gasteiger partial charge in [-0.1, -0.05) is 18.2 Å². The van der Waals surface area contributed by atoms with Crippen LogP contribution in [0.5, 0.6) is 0 Å². The van der Waals surface area contributed by atoms with E-state index < -0.39 is 5.97 Å². The summed E-state index contributed by atoms with van der Waals surface area (Å²) in [6.45, 7) is 1.90. The van der Waals surface area contributed by atoms with Gasteiger partial charge >= 0.3 is 5.97 Å². The quantitative estimate of drug-likeness (QED) is 0.342. The highest BCUT2D eigenvalue weighted by Crippen LogP contribution is 2.15. The van der Waals surface area contributed by atoms with Gasteiger partial charge in [0.15, 0.2) is 0 Å². The second-order valence-electron chi connectivity index (χ2n) is 3.95. The van der Waals surface area contributed by atoms with Gasteiger partial charge in [0.2, 0.25) is 11.8 Å². The molecular formula is C12H16N2O4. The van der Waals surface area contributed by atoms with Crippen molar-refractivity contribution in [1.29, 1.82) is 0 Å². The molecule has 98 valence electrons. The van der Waals surface area contributed by atoms with Crippen LogP contribution in [0.1, 0.15) is 19.8 Å².